The number of hydrogen-bond acceptors (Lipinski definition) is 5. The molecule has 0 aliphatic heterocycles. The lowest BCUT2D eigenvalue weighted by Gasteiger charge is -2.11. The Bertz CT molecular complexity index is 683. The van der Waals surface area contributed by atoms with Crippen molar-refractivity contribution in [3.63, 3.8) is 0 Å². The molecule has 2 N–H and O–H groups in total. The molecule has 0 spiro atoms. The first-order valence-electron chi connectivity index (χ1n) is 9.33. The molecule has 0 saturated carbocycles. The molecule has 148 valence electrons. The molecule has 0 bridgehead atoms. The molecule has 0 aliphatic rings. The Morgan fingerprint density at radius 1 is 1.15 bits per heavy atom. The van der Waals surface area contributed by atoms with Crippen molar-refractivity contribution in [2.75, 3.05) is 40.0 Å². The van der Waals surface area contributed by atoms with Gasteiger partial charge in [-0.25, -0.2) is 9.98 Å². The molecule has 0 radical (unpaired) electrons. The third-order valence-corrected chi connectivity index (χ3v) is 3.78. The van der Waals surface area contributed by atoms with Crippen LogP contribution in [0.1, 0.15) is 24.6 Å². The number of benzene rings is 1. The number of aromatic nitrogens is 1. The summed E-state index contributed by atoms with van der Waals surface area (Å²) in [7, 11) is 1.67. The van der Waals surface area contributed by atoms with Crippen molar-refractivity contribution in [1.82, 2.24) is 15.6 Å². The molecule has 0 saturated heterocycles. The maximum absolute atomic E-state index is 5.58. The van der Waals surface area contributed by atoms with Crippen molar-refractivity contribution in [1.29, 1.82) is 0 Å². The molecule has 1 aromatic heterocycles. The lowest BCUT2D eigenvalue weighted by molar-refractivity contribution is 0.0698. The summed E-state index contributed by atoms with van der Waals surface area (Å²) in [6.07, 6.45) is 2.56. The summed E-state index contributed by atoms with van der Waals surface area (Å²) in [6.45, 7) is 8.07. The van der Waals surface area contributed by atoms with Crippen LogP contribution in [0.2, 0.25) is 0 Å². The molecule has 2 rings (SSSR count). The van der Waals surface area contributed by atoms with Gasteiger partial charge in [-0.2, -0.15) is 0 Å². The van der Waals surface area contributed by atoms with Gasteiger partial charge in [0.05, 0.1) is 19.8 Å². The van der Waals surface area contributed by atoms with Gasteiger partial charge in [-0.05, 0) is 32.4 Å². The monoisotopic (exact) mass is 374 g/mol. The second-order valence-corrected chi connectivity index (χ2v) is 6.09. The van der Waals surface area contributed by atoms with Gasteiger partial charge in [0, 0.05) is 32.4 Å². The molecular formula is C20H30N4O3. The number of aryl methyl sites for hydroxylation is 1. The summed E-state index contributed by atoms with van der Waals surface area (Å²) >= 11 is 0. The Hall–Kier alpha value is -2.38. The van der Waals surface area contributed by atoms with Crippen LogP contribution < -0.4 is 10.6 Å². The SMILES string of the molecule is CCNC(=NCc1coc(-c2ccc(C)cc2)n1)NCCCOCCOC. The normalized spacial score (nSPS) is 11.6. The highest BCUT2D eigenvalue weighted by molar-refractivity contribution is 5.79. The molecule has 2 aromatic rings. The zero-order chi connectivity index (χ0) is 19.3. The number of ether oxygens (including phenoxy) is 2. The molecule has 27 heavy (non-hydrogen) atoms. The standard InChI is InChI=1S/C20H30N4O3/c1-4-21-20(22-10-5-11-26-13-12-25-3)23-14-18-15-27-19(24-18)17-8-6-16(2)7-9-17/h6-9,15H,4-5,10-14H2,1-3H3,(H2,21,22,23). The number of aliphatic imine (C=N–C) groups is 1. The van der Waals surface area contributed by atoms with Crippen LogP contribution in [-0.2, 0) is 16.0 Å². The Labute approximate surface area is 161 Å². The van der Waals surface area contributed by atoms with Gasteiger partial charge < -0.3 is 24.5 Å². The average Bonchev–Trinajstić information content (AvgIpc) is 3.15. The fourth-order valence-electron chi connectivity index (χ4n) is 2.34. The molecule has 0 fully saturated rings. The highest BCUT2D eigenvalue weighted by Gasteiger charge is 2.06. The van der Waals surface area contributed by atoms with Gasteiger partial charge in [0.25, 0.3) is 0 Å². The predicted octanol–water partition coefficient (Wildman–Crippen LogP) is 2.76. The van der Waals surface area contributed by atoms with Crippen LogP contribution in [0.5, 0.6) is 0 Å². The number of hydrogen-bond donors (Lipinski definition) is 2. The summed E-state index contributed by atoms with van der Waals surface area (Å²) in [5.41, 5.74) is 2.97. The number of rotatable bonds is 11. The second kappa shape index (κ2) is 12.1. The number of nitrogens with one attached hydrogen (secondary N) is 2. The van der Waals surface area contributed by atoms with E-state index in [9.17, 15) is 0 Å². The van der Waals surface area contributed by atoms with Gasteiger partial charge in [-0.15, -0.1) is 0 Å². The first-order valence-corrected chi connectivity index (χ1v) is 9.33. The molecule has 1 heterocycles. The quantitative estimate of drug-likeness (QED) is 0.358. The lowest BCUT2D eigenvalue weighted by Crippen LogP contribution is -2.38. The molecule has 1 aromatic carbocycles. The van der Waals surface area contributed by atoms with Crippen LogP contribution >= 0.6 is 0 Å². The second-order valence-electron chi connectivity index (χ2n) is 6.09. The van der Waals surface area contributed by atoms with Gasteiger partial charge in [-0.3, -0.25) is 0 Å². The number of methoxy groups -OCH3 is 1. The molecule has 0 amide bonds. The van der Waals surface area contributed by atoms with E-state index in [0.29, 0.717) is 32.3 Å². The van der Waals surface area contributed by atoms with E-state index in [1.54, 1.807) is 13.4 Å². The maximum Gasteiger partial charge on any atom is 0.226 e. The van der Waals surface area contributed by atoms with Crippen LogP contribution in [0.4, 0.5) is 0 Å². The van der Waals surface area contributed by atoms with E-state index in [-0.39, 0.29) is 0 Å². The minimum atomic E-state index is 0.453. The van der Waals surface area contributed by atoms with Gasteiger partial charge in [0.15, 0.2) is 5.96 Å². The summed E-state index contributed by atoms with van der Waals surface area (Å²) in [4.78, 5) is 9.08. The number of nitrogens with zero attached hydrogens (tertiary/aromatic N) is 2. The van der Waals surface area contributed by atoms with E-state index >= 15 is 0 Å². The van der Waals surface area contributed by atoms with Gasteiger partial charge in [0.2, 0.25) is 5.89 Å². The molecule has 0 aliphatic carbocycles. The zero-order valence-electron chi connectivity index (χ0n) is 16.5. The highest BCUT2D eigenvalue weighted by Crippen LogP contribution is 2.19. The molecule has 7 nitrogen and oxygen atoms in total. The summed E-state index contributed by atoms with van der Waals surface area (Å²) in [5, 5.41) is 6.52. The first kappa shape index (κ1) is 20.9. The average molecular weight is 374 g/mol. The Morgan fingerprint density at radius 2 is 1.96 bits per heavy atom. The fourth-order valence-corrected chi connectivity index (χ4v) is 2.34. The van der Waals surface area contributed by atoms with Gasteiger partial charge >= 0.3 is 0 Å². The molecule has 7 heteroatoms. The van der Waals surface area contributed by atoms with Crippen molar-refractivity contribution in [3.05, 3.63) is 41.8 Å². The van der Waals surface area contributed by atoms with Gasteiger partial charge in [0.1, 0.15) is 12.0 Å². The van der Waals surface area contributed by atoms with E-state index in [2.05, 4.69) is 27.5 Å². The van der Waals surface area contributed by atoms with Crippen LogP contribution in [0.25, 0.3) is 11.5 Å². The number of oxazole rings is 1. The van der Waals surface area contributed by atoms with Crippen LogP contribution in [0.15, 0.2) is 39.9 Å². The minimum Gasteiger partial charge on any atom is -0.444 e. The lowest BCUT2D eigenvalue weighted by atomic mass is 10.1. The Morgan fingerprint density at radius 3 is 2.70 bits per heavy atom. The zero-order valence-corrected chi connectivity index (χ0v) is 16.5. The largest absolute Gasteiger partial charge is 0.444 e. The van der Waals surface area contributed by atoms with Crippen molar-refractivity contribution in [3.8, 4) is 11.5 Å². The van der Waals surface area contributed by atoms with E-state index in [1.807, 2.05) is 31.2 Å². The van der Waals surface area contributed by atoms with E-state index in [0.717, 1.165) is 36.7 Å². The van der Waals surface area contributed by atoms with Crippen molar-refractivity contribution in [2.24, 2.45) is 4.99 Å². The van der Waals surface area contributed by atoms with Crippen LogP contribution in [-0.4, -0.2) is 51.0 Å². The van der Waals surface area contributed by atoms with Crippen molar-refractivity contribution < 1.29 is 13.9 Å². The van der Waals surface area contributed by atoms with Crippen LogP contribution in [0, 0.1) is 6.92 Å². The smallest absolute Gasteiger partial charge is 0.226 e. The van der Waals surface area contributed by atoms with E-state index in [4.69, 9.17) is 13.9 Å². The van der Waals surface area contributed by atoms with Crippen molar-refractivity contribution >= 4 is 5.96 Å². The minimum absolute atomic E-state index is 0.453. The predicted molar refractivity (Wildman–Crippen MR) is 107 cm³/mol. The Balaban J connectivity index is 1.81. The van der Waals surface area contributed by atoms with Gasteiger partial charge in [-0.1, -0.05) is 17.7 Å². The molecular weight excluding hydrogens is 344 g/mol. The third-order valence-electron chi connectivity index (χ3n) is 3.78. The summed E-state index contributed by atoms with van der Waals surface area (Å²) in [6, 6.07) is 8.11. The highest BCUT2D eigenvalue weighted by atomic mass is 16.5. The first-order chi connectivity index (χ1) is 13.2. The molecule has 0 unspecified atom stereocenters. The summed E-state index contributed by atoms with van der Waals surface area (Å²) < 4.78 is 16.0. The van der Waals surface area contributed by atoms with Crippen LogP contribution in [0.3, 0.4) is 0 Å². The van der Waals surface area contributed by atoms with E-state index < -0.39 is 0 Å². The van der Waals surface area contributed by atoms with E-state index in [1.165, 1.54) is 5.56 Å². The fraction of sp³-hybridized carbons (Fsp3) is 0.500. The third kappa shape index (κ3) is 7.80. The topological polar surface area (TPSA) is 80.9 Å². The van der Waals surface area contributed by atoms with Crippen molar-refractivity contribution in [2.45, 2.75) is 26.8 Å². The molecule has 0 atom stereocenters. The number of guanidine groups is 1. The maximum atomic E-state index is 5.58. The summed E-state index contributed by atoms with van der Waals surface area (Å²) in [5.74, 6) is 1.38. The Kier molecular flexibility index (Phi) is 9.37.